The fraction of sp³-hybridized carbons (Fsp3) is 0.267. The zero-order valence-electron chi connectivity index (χ0n) is 11.9. The minimum atomic E-state index is -1.34. The van der Waals surface area contributed by atoms with Gasteiger partial charge >= 0.3 is 5.97 Å². The summed E-state index contributed by atoms with van der Waals surface area (Å²) in [5, 5.41) is 13.6. The lowest BCUT2D eigenvalue weighted by atomic mass is 10.0. The quantitative estimate of drug-likeness (QED) is 0.946. The summed E-state index contributed by atoms with van der Waals surface area (Å²) in [6.07, 6.45) is 1.57. The first-order valence-electron chi connectivity index (χ1n) is 6.45. The molecule has 0 fully saturated rings. The largest absolute Gasteiger partial charge is 0.476 e. The number of nitrogens with zero attached hydrogens (tertiary/aromatic N) is 2. The third-order valence-electron chi connectivity index (χ3n) is 3.19. The number of halogens is 1. The molecule has 0 saturated carbocycles. The summed E-state index contributed by atoms with van der Waals surface area (Å²) >= 11 is 5.98. The van der Waals surface area contributed by atoms with Gasteiger partial charge in [-0.1, -0.05) is 31.5 Å². The maximum Gasteiger partial charge on any atom is 0.360 e. The highest BCUT2D eigenvalue weighted by molar-refractivity contribution is 6.30. The Morgan fingerprint density at radius 1 is 1.38 bits per heavy atom. The molecule has 6 heteroatoms. The predicted octanol–water partition coefficient (Wildman–Crippen LogP) is 3.02. The van der Waals surface area contributed by atoms with Crippen molar-refractivity contribution in [2.45, 2.75) is 26.7 Å². The van der Waals surface area contributed by atoms with Gasteiger partial charge in [0, 0.05) is 16.8 Å². The number of aryl methyl sites for hydroxylation is 1. The van der Waals surface area contributed by atoms with Crippen LogP contribution in [0.4, 0.5) is 0 Å². The highest BCUT2D eigenvalue weighted by Crippen LogP contribution is 2.20. The lowest BCUT2D eigenvalue weighted by molar-refractivity contribution is 0.0686. The number of hydrogen-bond acceptors (Lipinski definition) is 3. The summed E-state index contributed by atoms with van der Waals surface area (Å²) in [6, 6.07) is 5.24. The second-order valence-electron chi connectivity index (χ2n) is 5.10. The van der Waals surface area contributed by atoms with E-state index in [0.29, 0.717) is 16.3 Å². The lowest BCUT2D eigenvalue weighted by Gasteiger charge is -2.13. The Bertz CT molecular complexity index is 766. The van der Waals surface area contributed by atoms with E-state index in [0.717, 1.165) is 5.56 Å². The van der Waals surface area contributed by atoms with Gasteiger partial charge in [0.25, 0.3) is 0 Å². The van der Waals surface area contributed by atoms with E-state index < -0.39 is 17.1 Å². The Labute approximate surface area is 126 Å². The fourth-order valence-electron chi connectivity index (χ4n) is 2.01. The Balaban J connectivity index is 2.78. The van der Waals surface area contributed by atoms with E-state index in [1.165, 1.54) is 4.68 Å². The van der Waals surface area contributed by atoms with E-state index in [2.05, 4.69) is 5.10 Å². The zero-order chi connectivity index (χ0) is 15.7. The van der Waals surface area contributed by atoms with Crippen molar-refractivity contribution in [3.05, 3.63) is 56.5 Å². The van der Waals surface area contributed by atoms with Gasteiger partial charge in [0.1, 0.15) is 0 Å². The summed E-state index contributed by atoms with van der Waals surface area (Å²) in [5.74, 6) is -1.44. The Morgan fingerprint density at radius 2 is 2.05 bits per heavy atom. The monoisotopic (exact) mass is 306 g/mol. The topological polar surface area (TPSA) is 72.2 Å². The molecule has 1 aromatic heterocycles. The van der Waals surface area contributed by atoms with Gasteiger partial charge in [0.15, 0.2) is 0 Å². The molecule has 110 valence electrons. The third-order valence-corrected chi connectivity index (χ3v) is 3.42. The molecule has 2 aromatic rings. The predicted molar refractivity (Wildman–Crippen MR) is 80.6 cm³/mol. The van der Waals surface area contributed by atoms with Gasteiger partial charge in [-0.25, -0.2) is 9.48 Å². The first-order chi connectivity index (χ1) is 9.81. The van der Waals surface area contributed by atoms with Crippen LogP contribution in [-0.4, -0.2) is 20.9 Å². The summed E-state index contributed by atoms with van der Waals surface area (Å²) in [7, 11) is 0. The molecule has 0 spiro atoms. The molecule has 0 radical (unpaired) electrons. The molecule has 1 N–H and O–H groups in total. The van der Waals surface area contributed by atoms with Gasteiger partial charge in [-0.2, -0.15) is 5.10 Å². The van der Waals surface area contributed by atoms with Crippen molar-refractivity contribution in [3.8, 4) is 5.69 Å². The van der Waals surface area contributed by atoms with Crippen LogP contribution >= 0.6 is 11.6 Å². The highest BCUT2D eigenvalue weighted by atomic mass is 35.5. The molecule has 0 atom stereocenters. The van der Waals surface area contributed by atoms with Gasteiger partial charge in [-0.15, -0.1) is 0 Å². The van der Waals surface area contributed by atoms with Crippen LogP contribution in [0.15, 0.2) is 29.2 Å². The summed E-state index contributed by atoms with van der Waals surface area (Å²) in [4.78, 5) is 23.3. The maximum atomic E-state index is 12.1. The smallest absolute Gasteiger partial charge is 0.360 e. The molecule has 2 rings (SSSR count). The Morgan fingerprint density at radius 3 is 2.62 bits per heavy atom. The lowest BCUT2D eigenvalue weighted by Crippen LogP contribution is -2.25. The SMILES string of the molecule is Cc1ccc(Cl)cc1-n1cc(C(C)C)c(=O)c(C(=O)O)n1. The van der Waals surface area contributed by atoms with E-state index >= 15 is 0 Å². The third kappa shape index (κ3) is 2.97. The number of rotatable bonds is 3. The maximum absolute atomic E-state index is 12.1. The molecule has 0 amide bonds. The number of aromatic nitrogens is 2. The molecule has 1 aromatic carbocycles. The summed E-state index contributed by atoms with van der Waals surface area (Å²) in [6.45, 7) is 5.52. The molecule has 0 unspecified atom stereocenters. The minimum absolute atomic E-state index is 0.107. The van der Waals surface area contributed by atoms with E-state index in [9.17, 15) is 9.59 Å². The summed E-state index contributed by atoms with van der Waals surface area (Å²) in [5.41, 5.74) is 0.893. The van der Waals surface area contributed by atoms with Crippen LogP contribution < -0.4 is 5.43 Å². The molecule has 21 heavy (non-hydrogen) atoms. The molecular weight excluding hydrogens is 292 g/mol. The van der Waals surface area contributed by atoms with Crippen LogP contribution in [0, 0.1) is 6.92 Å². The van der Waals surface area contributed by atoms with Crippen LogP contribution in [-0.2, 0) is 0 Å². The summed E-state index contributed by atoms with van der Waals surface area (Å²) < 4.78 is 1.40. The van der Waals surface area contributed by atoms with E-state index in [1.807, 2.05) is 26.8 Å². The number of aromatic carboxylic acids is 1. The van der Waals surface area contributed by atoms with E-state index in [1.54, 1.807) is 18.3 Å². The van der Waals surface area contributed by atoms with Crippen LogP contribution in [0.5, 0.6) is 0 Å². The van der Waals surface area contributed by atoms with Gasteiger partial charge in [0.05, 0.1) is 5.69 Å². The van der Waals surface area contributed by atoms with Gasteiger partial charge in [-0.3, -0.25) is 4.79 Å². The zero-order valence-corrected chi connectivity index (χ0v) is 12.7. The molecule has 1 heterocycles. The van der Waals surface area contributed by atoms with E-state index in [-0.39, 0.29) is 5.92 Å². The molecule has 0 aliphatic rings. The van der Waals surface area contributed by atoms with Crippen molar-refractivity contribution in [2.24, 2.45) is 0 Å². The Hall–Kier alpha value is -2.14. The van der Waals surface area contributed by atoms with Crippen LogP contribution in [0.25, 0.3) is 5.69 Å². The molecule has 0 aliphatic heterocycles. The molecule has 0 saturated heterocycles. The molecule has 0 bridgehead atoms. The second-order valence-corrected chi connectivity index (χ2v) is 5.53. The average Bonchev–Trinajstić information content (AvgIpc) is 2.41. The number of carboxylic acid groups (broad SMARTS) is 1. The normalized spacial score (nSPS) is 10.9. The standard InChI is InChI=1S/C15H15ClN2O3/c1-8(2)11-7-18(17-13(14(11)19)15(20)21)12-6-10(16)5-4-9(12)3/h4-8H,1-3H3,(H,20,21). The van der Waals surface area contributed by atoms with Crippen molar-refractivity contribution in [3.63, 3.8) is 0 Å². The van der Waals surface area contributed by atoms with Crippen molar-refractivity contribution in [1.29, 1.82) is 0 Å². The van der Waals surface area contributed by atoms with E-state index in [4.69, 9.17) is 16.7 Å². The first-order valence-corrected chi connectivity index (χ1v) is 6.82. The van der Waals surface area contributed by atoms with Gasteiger partial charge in [-0.05, 0) is 30.5 Å². The van der Waals surface area contributed by atoms with Crippen LogP contribution in [0.2, 0.25) is 5.02 Å². The minimum Gasteiger partial charge on any atom is -0.476 e. The van der Waals surface area contributed by atoms with Crippen LogP contribution in [0.3, 0.4) is 0 Å². The van der Waals surface area contributed by atoms with Crippen molar-refractivity contribution in [1.82, 2.24) is 9.78 Å². The number of benzene rings is 1. The molecular formula is C15H15ClN2O3. The molecule has 0 aliphatic carbocycles. The van der Waals surface area contributed by atoms with Gasteiger partial charge in [0.2, 0.25) is 11.1 Å². The first kappa shape index (κ1) is 15.3. The fourth-order valence-corrected chi connectivity index (χ4v) is 2.18. The highest BCUT2D eigenvalue weighted by Gasteiger charge is 2.18. The molecule has 5 nitrogen and oxygen atoms in total. The van der Waals surface area contributed by atoms with Crippen molar-refractivity contribution in [2.75, 3.05) is 0 Å². The van der Waals surface area contributed by atoms with Crippen molar-refractivity contribution >= 4 is 17.6 Å². The number of hydrogen-bond donors (Lipinski definition) is 1. The second kappa shape index (κ2) is 5.69. The number of carboxylic acids is 1. The Kier molecular flexibility index (Phi) is 4.14. The van der Waals surface area contributed by atoms with Gasteiger partial charge < -0.3 is 5.11 Å². The van der Waals surface area contributed by atoms with Crippen LogP contribution in [0.1, 0.15) is 41.4 Å². The number of carbonyl (C=O) groups is 1. The average molecular weight is 307 g/mol. The van der Waals surface area contributed by atoms with Crippen molar-refractivity contribution < 1.29 is 9.90 Å².